The van der Waals surface area contributed by atoms with Crippen molar-refractivity contribution in [2.24, 2.45) is 0 Å². The van der Waals surface area contributed by atoms with Gasteiger partial charge in [0.1, 0.15) is 11.6 Å². The number of rotatable bonds is 5. The van der Waals surface area contributed by atoms with Crippen LogP contribution in [0.4, 0.5) is 5.82 Å². The zero-order chi connectivity index (χ0) is 13.5. The summed E-state index contributed by atoms with van der Waals surface area (Å²) < 4.78 is 0. The van der Waals surface area contributed by atoms with Crippen molar-refractivity contribution in [2.45, 2.75) is 27.2 Å². The molecule has 0 spiro atoms. The molecule has 1 rings (SSSR count). The molecule has 18 heavy (non-hydrogen) atoms. The second kappa shape index (κ2) is 6.55. The second-order valence-corrected chi connectivity index (χ2v) is 3.95. The van der Waals surface area contributed by atoms with E-state index in [4.69, 9.17) is 5.26 Å². The molecule has 2 N–H and O–H groups in total. The van der Waals surface area contributed by atoms with E-state index in [-0.39, 0.29) is 12.5 Å². The Labute approximate surface area is 106 Å². The summed E-state index contributed by atoms with van der Waals surface area (Å²) in [5.41, 5.74) is 1.93. The lowest BCUT2D eigenvalue weighted by Gasteiger charge is -2.09. The maximum atomic E-state index is 11.4. The van der Waals surface area contributed by atoms with E-state index in [1.54, 1.807) is 6.92 Å². The van der Waals surface area contributed by atoms with Crippen molar-refractivity contribution in [3.8, 4) is 6.07 Å². The van der Waals surface area contributed by atoms with E-state index in [0.717, 1.165) is 12.0 Å². The topological polar surface area (TPSA) is 90.7 Å². The second-order valence-electron chi connectivity index (χ2n) is 3.95. The predicted molar refractivity (Wildman–Crippen MR) is 68.0 cm³/mol. The van der Waals surface area contributed by atoms with Crippen LogP contribution in [0.2, 0.25) is 0 Å². The Kier molecular flexibility index (Phi) is 5.06. The average Bonchev–Trinajstić information content (AvgIpc) is 2.37. The van der Waals surface area contributed by atoms with Gasteiger partial charge in [-0.15, -0.1) is 5.10 Å². The first-order chi connectivity index (χ1) is 8.60. The quantitative estimate of drug-likeness (QED) is 0.806. The summed E-state index contributed by atoms with van der Waals surface area (Å²) >= 11 is 0. The van der Waals surface area contributed by atoms with Crippen LogP contribution in [0.1, 0.15) is 30.2 Å². The van der Waals surface area contributed by atoms with Crippen LogP contribution in [-0.4, -0.2) is 29.2 Å². The van der Waals surface area contributed by atoms with Gasteiger partial charge in [0.2, 0.25) is 5.91 Å². The third-order valence-corrected chi connectivity index (χ3v) is 2.55. The molecule has 1 heterocycles. The third-order valence-electron chi connectivity index (χ3n) is 2.55. The molecule has 1 aromatic rings. The van der Waals surface area contributed by atoms with Crippen LogP contribution in [0.15, 0.2) is 0 Å². The van der Waals surface area contributed by atoms with Crippen LogP contribution in [0, 0.1) is 25.2 Å². The smallest absolute Gasteiger partial charge is 0.239 e. The first-order valence-electron chi connectivity index (χ1n) is 5.84. The van der Waals surface area contributed by atoms with Crippen molar-refractivity contribution in [2.75, 3.05) is 18.4 Å². The zero-order valence-corrected chi connectivity index (χ0v) is 10.9. The largest absolute Gasteiger partial charge is 0.358 e. The normalized spacial score (nSPS) is 9.67. The fourth-order valence-electron chi connectivity index (χ4n) is 1.36. The maximum Gasteiger partial charge on any atom is 0.239 e. The van der Waals surface area contributed by atoms with E-state index < -0.39 is 0 Å². The number of anilines is 1. The molecular weight excluding hydrogens is 230 g/mol. The Morgan fingerprint density at radius 1 is 1.39 bits per heavy atom. The van der Waals surface area contributed by atoms with Crippen molar-refractivity contribution in [1.29, 1.82) is 5.26 Å². The SMILES string of the molecule is CCCNC(=O)CNc1nnc(C)c(C)c1C#N. The van der Waals surface area contributed by atoms with Gasteiger partial charge in [0.25, 0.3) is 0 Å². The number of aromatic nitrogens is 2. The van der Waals surface area contributed by atoms with Crippen molar-refractivity contribution in [1.82, 2.24) is 15.5 Å². The number of hydrogen-bond acceptors (Lipinski definition) is 5. The van der Waals surface area contributed by atoms with Crippen LogP contribution in [-0.2, 0) is 4.79 Å². The van der Waals surface area contributed by atoms with Crippen LogP contribution in [0.25, 0.3) is 0 Å². The fraction of sp³-hybridized carbons (Fsp3) is 0.500. The molecule has 6 nitrogen and oxygen atoms in total. The lowest BCUT2D eigenvalue weighted by atomic mass is 10.1. The van der Waals surface area contributed by atoms with Gasteiger partial charge >= 0.3 is 0 Å². The van der Waals surface area contributed by atoms with Gasteiger partial charge in [0.15, 0.2) is 5.82 Å². The molecule has 0 saturated carbocycles. The highest BCUT2D eigenvalue weighted by Crippen LogP contribution is 2.16. The molecule has 0 aliphatic rings. The number of carbonyl (C=O) groups excluding carboxylic acids is 1. The lowest BCUT2D eigenvalue weighted by Crippen LogP contribution is -2.30. The summed E-state index contributed by atoms with van der Waals surface area (Å²) in [5.74, 6) is 0.230. The summed E-state index contributed by atoms with van der Waals surface area (Å²) in [6.07, 6.45) is 0.888. The summed E-state index contributed by atoms with van der Waals surface area (Å²) in [4.78, 5) is 11.4. The summed E-state index contributed by atoms with van der Waals surface area (Å²) in [7, 11) is 0. The molecule has 0 bridgehead atoms. The Hall–Kier alpha value is -2.16. The Balaban J connectivity index is 2.71. The number of carbonyl (C=O) groups is 1. The van der Waals surface area contributed by atoms with Gasteiger partial charge in [-0.3, -0.25) is 4.79 Å². The highest BCUT2D eigenvalue weighted by molar-refractivity contribution is 5.80. The predicted octanol–water partition coefficient (Wildman–Crippen LogP) is 0.903. The molecule has 0 radical (unpaired) electrons. The van der Waals surface area contributed by atoms with Crippen molar-refractivity contribution >= 4 is 11.7 Å². The van der Waals surface area contributed by atoms with Crippen LogP contribution < -0.4 is 10.6 Å². The van der Waals surface area contributed by atoms with Crippen LogP contribution in [0.5, 0.6) is 0 Å². The summed E-state index contributed by atoms with van der Waals surface area (Å²) in [6, 6.07) is 2.07. The molecule has 0 unspecified atom stereocenters. The zero-order valence-electron chi connectivity index (χ0n) is 10.9. The molecule has 0 aromatic carbocycles. The molecule has 0 fully saturated rings. The number of nitrogens with one attached hydrogen (secondary N) is 2. The van der Waals surface area contributed by atoms with Gasteiger partial charge in [-0.25, -0.2) is 0 Å². The minimum absolute atomic E-state index is 0.0891. The molecule has 0 atom stereocenters. The molecule has 0 aliphatic carbocycles. The van der Waals surface area contributed by atoms with Crippen LogP contribution >= 0.6 is 0 Å². The van der Waals surface area contributed by atoms with Gasteiger partial charge in [-0.2, -0.15) is 10.4 Å². The number of nitrogens with zero attached hydrogens (tertiary/aromatic N) is 3. The van der Waals surface area contributed by atoms with E-state index in [9.17, 15) is 4.79 Å². The molecular formula is C12H17N5O. The molecule has 0 aliphatic heterocycles. The third kappa shape index (κ3) is 3.42. The number of nitriles is 1. The number of aryl methyl sites for hydroxylation is 1. The van der Waals surface area contributed by atoms with E-state index in [0.29, 0.717) is 23.6 Å². The van der Waals surface area contributed by atoms with Gasteiger partial charge in [0, 0.05) is 6.54 Å². The van der Waals surface area contributed by atoms with Crippen molar-refractivity contribution in [3.05, 3.63) is 16.8 Å². The molecule has 96 valence electrons. The van der Waals surface area contributed by atoms with Gasteiger partial charge in [0.05, 0.1) is 12.2 Å². The van der Waals surface area contributed by atoms with E-state index in [1.165, 1.54) is 0 Å². The van der Waals surface area contributed by atoms with Crippen molar-refractivity contribution < 1.29 is 4.79 Å². The Morgan fingerprint density at radius 3 is 2.72 bits per heavy atom. The highest BCUT2D eigenvalue weighted by Gasteiger charge is 2.11. The number of hydrogen-bond donors (Lipinski definition) is 2. The van der Waals surface area contributed by atoms with E-state index >= 15 is 0 Å². The number of amides is 1. The van der Waals surface area contributed by atoms with E-state index in [1.807, 2.05) is 13.8 Å². The first kappa shape index (κ1) is 13.9. The summed E-state index contributed by atoms with van der Waals surface area (Å²) in [5, 5.41) is 22.5. The van der Waals surface area contributed by atoms with Crippen molar-refractivity contribution in [3.63, 3.8) is 0 Å². The monoisotopic (exact) mass is 247 g/mol. The fourth-order valence-corrected chi connectivity index (χ4v) is 1.36. The standard InChI is InChI=1S/C12H17N5O/c1-4-5-14-11(18)7-15-12-10(6-13)8(2)9(3)16-17-12/h4-5,7H2,1-3H3,(H,14,18)(H,15,17). The van der Waals surface area contributed by atoms with Gasteiger partial charge < -0.3 is 10.6 Å². The highest BCUT2D eigenvalue weighted by atomic mass is 16.1. The minimum Gasteiger partial charge on any atom is -0.358 e. The average molecular weight is 247 g/mol. The van der Waals surface area contributed by atoms with Crippen LogP contribution in [0.3, 0.4) is 0 Å². The van der Waals surface area contributed by atoms with Gasteiger partial charge in [-0.05, 0) is 25.8 Å². The van der Waals surface area contributed by atoms with E-state index in [2.05, 4.69) is 26.9 Å². The maximum absolute atomic E-state index is 11.4. The Morgan fingerprint density at radius 2 is 2.11 bits per heavy atom. The first-order valence-corrected chi connectivity index (χ1v) is 5.84. The molecule has 1 amide bonds. The lowest BCUT2D eigenvalue weighted by molar-refractivity contribution is -0.119. The minimum atomic E-state index is -0.124. The molecule has 1 aromatic heterocycles. The Bertz CT molecular complexity index is 478. The molecule has 0 saturated heterocycles. The van der Waals surface area contributed by atoms with Gasteiger partial charge in [-0.1, -0.05) is 6.92 Å². The molecule has 6 heteroatoms. The summed E-state index contributed by atoms with van der Waals surface area (Å²) in [6.45, 7) is 6.32.